The van der Waals surface area contributed by atoms with Crippen molar-refractivity contribution < 1.29 is 14.3 Å². The van der Waals surface area contributed by atoms with Crippen molar-refractivity contribution in [3.05, 3.63) is 60.3 Å². The maximum Gasteiger partial charge on any atom is 0.255 e. The molecule has 0 aliphatic heterocycles. The lowest BCUT2D eigenvalue weighted by atomic mass is 10.1. The summed E-state index contributed by atoms with van der Waals surface area (Å²) < 4.78 is 12.5. The highest BCUT2D eigenvalue weighted by molar-refractivity contribution is 6.00. The number of methoxy groups -OCH3 is 2. The van der Waals surface area contributed by atoms with Crippen LogP contribution in [0.4, 0.5) is 0 Å². The van der Waals surface area contributed by atoms with Crippen LogP contribution in [-0.2, 0) is 0 Å². The number of aromatic nitrogens is 2. The number of carbonyl (C=O) groups excluding carboxylic acids is 1. The van der Waals surface area contributed by atoms with Gasteiger partial charge in [0.1, 0.15) is 17.2 Å². The van der Waals surface area contributed by atoms with E-state index in [4.69, 9.17) is 14.6 Å². The summed E-state index contributed by atoms with van der Waals surface area (Å²) >= 11 is 0. The smallest absolute Gasteiger partial charge is 0.255 e. The number of amides is 1. The van der Waals surface area contributed by atoms with Crippen molar-refractivity contribution >= 4 is 18.3 Å². The van der Waals surface area contributed by atoms with Gasteiger partial charge in [-0.2, -0.15) is 5.10 Å². The van der Waals surface area contributed by atoms with E-state index in [2.05, 4.69) is 10.6 Å². The number of ether oxygens (including phenoxy) is 2. The fourth-order valence-electron chi connectivity index (χ4n) is 2.89. The molecule has 2 N–H and O–H groups in total. The average molecular weight is 431 g/mol. The lowest BCUT2D eigenvalue weighted by molar-refractivity contribution is 0.0951. The highest BCUT2D eigenvalue weighted by Gasteiger charge is 2.22. The van der Waals surface area contributed by atoms with Crippen LogP contribution in [0.2, 0.25) is 0 Å². The molecule has 160 valence electrons. The monoisotopic (exact) mass is 430 g/mol. The van der Waals surface area contributed by atoms with Gasteiger partial charge in [0.05, 0.1) is 25.5 Å². The van der Waals surface area contributed by atoms with Gasteiger partial charge in [0.25, 0.3) is 5.91 Å². The molecule has 0 saturated carbocycles. The minimum Gasteiger partial charge on any atom is -0.497 e. The van der Waals surface area contributed by atoms with Gasteiger partial charge >= 0.3 is 0 Å². The number of hydrogen-bond acceptors (Lipinski definition) is 5. The van der Waals surface area contributed by atoms with Crippen LogP contribution in [0.25, 0.3) is 16.9 Å². The van der Waals surface area contributed by atoms with Gasteiger partial charge in [0, 0.05) is 30.4 Å². The van der Waals surface area contributed by atoms with Crippen molar-refractivity contribution in [2.75, 3.05) is 27.8 Å². The first kappa shape index (κ1) is 23.3. The number of para-hydroxylation sites is 1. The molecule has 8 heteroatoms. The Kier molecular flexibility index (Phi) is 8.26. The summed E-state index contributed by atoms with van der Waals surface area (Å²) in [6.07, 6.45) is 1.74. The Labute approximate surface area is 182 Å². The Balaban J connectivity index is 0.00000320. The minimum absolute atomic E-state index is 0. The van der Waals surface area contributed by atoms with Crippen LogP contribution in [0.3, 0.4) is 0 Å². The van der Waals surface area contributed by atoms with Crippen molar-refractivity contribution in [1.29, 1.82) is 0 Å². The number of likely N-dealkylation sites (N-methyl/N-ethyl adjacent to an activating group) is 1. The molecule has 1 heterocycles. The molecule has 2 aromatic carbocycles. The summed E-state index contributed by atoms with van der Waals surface area (Å²) in [5, 5.41) is 10.8. The molecule has 0 radical (unpaired) electrons. The standard InChI is InChI=1S/C22H26N4O3.ClH/c1-15(23-2)13-24-22(27)19-14-26(16-8-6-5-7-9-16)25-21(19)18-11-10-17(28-3)12-20(18)29-4;/h5-12,14-15,23H,13H2,1-4H3,(H,24,27);1H. The number of halogens is 1. The molecular weight excluding hydrogens is 404 g/mol. The second-order valence-corrected chi connectivity index (χ2v) is 6.64. The van der Waals surface area contributed by atoms with E-state index in [-0.39, 0.29) is 24.4 Å². The molecule has 0 fully saturated rings. The van der Waals surface area contributed by atoms with Gasteiger partial charge in [0.15, 0.2) is 0 Å². The molecule has 0 saturated heterocycles. The molecule has 0 spiro atoms. The van der Waals surface area contributed by atoms with Crippen molar-refractivity contribution in [2.24, 2.45) is 0 Å². The number of nitrogens with zero attached hydrogens (tertiary/aromatic N) is 2. The van der Waals surface area contributed by atoms with Crippen LogP contribution in [-0.4, -0.2) is 49.5 Å². The third kappa shape index (κ3) is 5.11. The molecule has 3 aromatic rings. The molecule has 0 aliphatic carbocycles. The van der Waals surface area contributed by atoms with Crippen LogP contribution in [0.15, 0.2) is 54.7 Å². The first-order valence-electron chi connectivity index (χ1n) is 9.40. The summed E-state index contributed by atoms with van der Waals surface area (Å²) in [6, 6.07) is 15.3. The Morgan fingerprint density at radius 1 is 1.13 bits per heavy atom. The topological polar surface area (TPSA) is 77.4 Å². The normalized spacial score (nSPS) is 11.3. The first-order chi connectivity index (χ1) is 14.1. The SMILES string of the molecule is CNC(C)CNC(=O)c1cn(-c2ccccc2)nc1-c1ccc(OC)cc1OC.Cl. The van der Waals surface area contributed by atoms with E-state index in [1.54, 1.807) is 31.2 Å². The number of hydrogen-bond donors (Lipinski definition) is 2. The third-order valence-electron chi connectivity index (χ3n) is 4.71. The van der Waals surface area contributed by atoms with Crippen molar-refractivity contribution in [2.45, 2.75) is 13.0 Å². The Morgan fingerprint density at radius 3 is 2.50 bits per heavy atom. The highest BCUT2D eigenvalue weighted by Crippen LogP contribution is 2.34. The van der Waals surface area contributed by atoms with E-state index in [1.165, 1.54) is 0 Å². The Hall–Kier alpha value is -3.03. The van der Waals surface area contributed by atoms with Gasteiger partial charge < -0.3 is 20.1 Å². The van der Waals surface area contributed by atoms with Crippen LogP contribution in [0, 0.1) is 0 Å². The van der Waals surface area contributed by atoms with E-state index in [1.807, 2.05) is 56.4 Å². The van der Waals surface area contributed by atoms with E-state index in [0.717, 1.165) is 11.3 Å². The number of nitrogens with one attached hydrogen (secondary N) is 2. The van der Waals surface area contributed by atoms with E-state index in [0.29, 0.717) is 29.3 Å². The minimum atomic E-state index is -0.192. The number of benzene rings is 2. The lowest BCUT2D eigenvalue weighted by Crippen LogP contribution is -2.37. The second kappa shape index (κ2) is 10.7. The molecular formula is C22H27ClN4O3. The third-order valence-corrected chi connectivity index (χ3v) is 4.71. The fraction of sp³-hybridized carbons (Fsp3) is 0.273. The van der Waals surface area contributed by atoms with Crippen LogP contribution in [0.5, 0.6) is 11.5 Å². The second-order valence-electron chi connectivity index (χ2n) is 6.64. The Morgan fingerprint density at radius 2 is 1.87 bits per heavy atom. The molecule has 1 atom stereocenters. The average Bonchev–Trinajstić information content (AvgIpc) is 3.22. The zero-order valence-electron chi connectivity index (χ0n) is 17.5. The quantitative estimate of drug-likeness (QED) is 0.573. The van der Waals surface area contributed by atoms with Crippen LogP contribution < -0.4 is 20.1 Å². The number of rotatable bonds is 8. The summed E-state index contributed by atoms with van der Waals surface area (Å²) in [6.45, 7) is 2.51. The first-order valence-corrected chi connectivity index (χ1v) is 9.40. The maximum atomic E-state index is 13.0. The Bertz CT molecular complexity index is 976. The summed E-state index contributed by atoms with van der Waals surface area (Å²) in [5.74, 6) is 1.06. The molecule has 30 heavy (non-hydrogen) atoms. The molecule has 0 bridgehead atoms. The molecule has 7 nitrogen and oxygen atoms in total. The predicted octanol–water partition coefficient (Wildman–Crippen LogP) is 3.32. The molecule has 1 aromatic heterocycles. The summed E-state index contributed by atoms with van der Waals surface area (Å²) in [4.78, 5) is 13.0. The van der Waals surface area contributed by atoms with Crippen molar-refractivity contribution in [3.8, 4) is 28.4 Å². The predicted molar refractivity (Wildman–Crippen MR) is 120 cm³/mol. The summed E-state index contributed by atoms with van der Waals surface area (Å²) in [5.41, 5.74) is 2.60. The molecule has 1 unspecified atom stereocenters. The number of carbonyl (C=O) groups is 1. The van der Waals surface area contributed by atoms with E-state index in [9.17, 15) is 4.79 Å². The van der Waals surface area contributed by atoms with E-state index < -0.39 is 0 Å². The zero-order chi connectivity index (χ0) is 20.8. The van der Waals surface area contributed by atoms with Gasteiger partial charge in [0.2, 0.25) is 0 Å². The fourth-order valence-corrected chi connectivity index (χ4v) is 2.89. The van der Waals surface area contributed by atoms with E-state index >= 15 is 0 Å². The summed E-state index contributed by atoms with van der Waals surface area (Å²) in [7, 11) is 5.04. The lowest BCUT2D eigenvalue weighted by Gasteiger charge is -2.12. The van der Waals surface area contributed by atoms with Gasteiger partial charge in [-0.15, -0.1) is 12.4 Å². The van der Waals surface area contributed by atoms with Crippen molar-refractivity contribution in [3.63, 3.8) is 0 Å². The van der Waals surface area contributed by atoms with Gasteiger partial charge in [-0.05, 0) is 38.2 Å². The van der Waals surface area contributed by atoms with Crippen LogP contribution >= 0.6 is 12.4 Å². The molecule has 0 aliphatic rings. The van der Waals surface area contributed by atoms with Crippen molar-refractivity contribution in [1.82, 2.24) is 20.4 Å². The molecule has 3 rings (SSSR count). The maximum absolute atomic E-state index is 13.0. The van der Waals surface area contributed by atoms with Crippen LogP contribution in [0.1, 0.15) is 17.3 Å². The van der Waals surface area contributed by atoms with Gasteiger partial charge in [-0.25, -0.2) is 4.68 Å². The largest absolute Gasteiger partial charge is 0.497 e. The van der Waals surface area contributed by atoms with Gasteiger partial charge in [-0.3, -0.25) is 4.79 Å². The zero-order valence-corrected chi connectivity index (χ0v) is 18.3. The molecule has 1 amide bonds. The van der Waals surface area contributed by atoms with Gasteiger partial charge in [-0.1, -0.05) is 18.2 Å². The highest BCUT2D eigenvalue weighted by atomic mass is 35.5.